The molecule has 7 heteroatoms. The molecule has 0 bridgehead atoms. The van der Waals surface area contributed by atoms with Gasteiger partial charge in [0.05, 0.1) is 17.7 Å². The molecule has 1 fully saturated rings. The van der Waals surface area contributed by atoms with Crippen LogP contribution in [0.2, 0.25) is 0 Å². The first kappa shape index (κ1) is 13.1. The van der Waals surface area contributed by atoms with Gasteiger partial charge in [-0.25, -0.2) is 15.0 Å². The molecule has 3 aromatic heterocycles. The van der Waals surface area contributed by atoms with Crippen LogP contribution in [0.3, 0.4) is 0 Å². The lowest BCUT2D eigenvalue weighted by Crippen LogP contribution is -2.19. The van der Waals surface area contributed by atoms with Crippen molar-refractivity contribution < 1.29 is 4.74 Å². The van der Waals surface area contributed by atoms with Crippen LogP contribution in [-0.4, -0.2) is 44.0 Å². The zero-order chi connectivity index (χ0) is 14.8. The molecule has 1 saturated heterocycles. The van der Waals surface area contributed by atoms with E-state index in [0.29, 0.717) is 0 Å². The van der Waals surface area contributed by atoms with Gasteiger partial charge in [0.25, 0.3) is 0 Å². The smallest absolute Gasteiger partial charge is 0.170 e. The van der Waals surface area contributed by atoms with Crippen molar-refractivity contribution in [3.05, 3.63) is 36.9 Å². The molecule has 0 unspecified atom stereocenters. The summed E-state index contributed by atoms with van der Waals surface area (Å²) >= 11 is 0. The van der Waals surface area contributed by atoms with E-state index in [1.54, 1.807) is 23.4 Å². The molecule has 0 saturated carbocycles. The van der Waals surface area contributed by atoms with Gasteiger partial charge in [0.2, 0.25) is 0 Å². The number of hydrogen-bond donors (Lipinski definition) is 1. The highest BCUT2D eigenvalue weighted by Gasteiger charge is 2.17. The Hall–Kier alpha value is -2.54. The fraction of sp³-hybridized carbons (Fsp3) is 0.333. The SMILES string of the molecule is c1ccc(-n2ncc3c(NC[C@H]4CCCO4)ncnc32)nc1. The normalized spacial score (nSPS) is 17.9. The van der Waals surface area contributed by atoms with Crippen molar-refractivity contribution in [3.8, 4) is 5.82 Å². The minimum atomic E-state index is 0.260. The number of ether oxygens (including phenoxy) is 1. The van der Waals surface area contributed by atoms with E-state index in [9.17, 15) is 0 Å². The van der Waals surface area contributed by atoms with Gasteiger partial charge in [-0.05, 0) is 25.0 Å². The van der Waals surface area contributed by atoms with Crippen LogP contribution >= 0.6 is 0 Å². The third kappa shape index (κ3) is 2.39. The Balaban J connectivity index is 1.65. The lowest BCUT2D eigenvalue weighted by atomic mass is 10.2. The third-order valence-electron chi connectivity index (χ3n) is 3.75. The van der Waals surface area contributed by atoms with Gasteiger partial charge in [-0.3, -0.25) is 0 Å². The van der Waals surface area contributed by atoms with Gasteiger partial charge >= 0.3 is 0 Å². The van der Waals surface area contributed by atoms with Crippen LogP contribution in [0.25, 0.3) is 16.9 Å². The van der Waals surface area contributed by atoms with Crippen LogP contribution in [0.4, 0.5) is 5.82 Å². The predicted molar refractivity (Wildman–Crippen MR) is 81.9 cm³/mol. The second-order valence-corrected chi connectivity index (χ2v) is 5.22. The number of rotatable bonds is 4. The average Bonchev–Trinajstić information content (AvgIpc) is 3.23. The first-order valence-electron chi connectivity index (χ1n) is 7.37. The molecule has 0 aliphatic carbocycles. The molecule has 0 amide bonds. The summed E-state index contributed by atoms with van der Waals surface area (Å²) in [6, 6.07) is 5.69. The van der Waals surface area contributed by atoms with E-state index in [-0.39, 0.29) is 6.10 Å². The Morgan fingerprint density at radius 1 is 1.27 bits per heavy atom. The van der Waals surface area contributed by atoms with Gasteiger partial charge in [-0.2, -0.15) is 9.78 Å². The number of pyridine rings is 1. The summed E-state index contributed by atoms with van der Waals surface area (Å²) in [6.45, 7) is 1.60. The van der Waals surface area contributed by atoms with Crippen LogP contribution in [-0.2, 0) is 4.74 Å². The molecule has 0 aromatic carbocycles. The number of nitrogens with zero attached hydrogens (tertiary/aromatic N) is 5. The molecule has 4 rings (SSSR count). The maximum atomic E-state index is 5.62. The van der Waals surface area contributed by atoms with Crippen LogP contribution in [0.15, 0.2) is 36.9 Å². The third-order valence-corrected chi connectivity index (χ3v) is 3.75. The minimum Gasteiger partial charge on any atom is -0.376 e. The molecule has 112 valence electrons. The molecule has 4 heterocycles. The second kappa shape index (κ2) is 5.69. The van der Waals surface area contributed by atoms with Gasteiger partial charge in [-0.15, -0.1) is 0 Å². The Morgan fingerprint density at radius 2 is 2.27 bits per heavy atom. The Morgan fingerprint density at radius 3 is 3.09 bits per heavy atom. The van der Waals surface area contributed by atoms with Gasteiger partial charge in [-0.1, -0.05) is 6.07 Å². The monoisotopic (exact) mass is 296 g/mol. The van der Waals surface area contributed by atoms with E-state index >= 15 is 0 Å². The summed E-state index contributed by atoms with van der Waals surface area (Å²) in [5.74, 6) is 1.52. The Bertz CT molecular complexity index is 766. The molecule has 1 aliphatic heterocycles. The molecular weight excluding hydrogens is 280 g/mol. The molecule has 7 nitrogen and oxygen atoms in total. The van der Waals surface area contributed by atoms with E-state index in [4.69, 9.17) is 4.74 Å². The highest BCUT2D eigenvalue weighted by Crippen LogP contribution is 2.21. The van der Waals surface area contributed by atoms with Crippen LogP contribution < -0.4 is 5.32 Å². The number of anilines is 1. The van der Waals surface area contributed by atoms with Gasteiger partial charge < -0.3 is 10.1 Å². The summed E-state index contributed by atoms with van der Waals surface area (Å²) in [4.78, 5) is 13.0. The first-order valence-corrected chi connectivity index (χ1v) is 7.37. The highest BCUT2D eigenvalue weighted by atomic mass is 16.5. The zero-order valence-corrected chi connectivity index (χ0v) is 12.0. The van der Waals surface area contributed by atoms with E-state index in [2.05, 4.69) is 25.4 Å². The summed E-state index contributed by atoms with van der Waals surface area (Å²) in [6.07, 6.45) is 7.53. The summed E-state index contributed by atoms with van der Waals surface area (Å²) in [5, 5.41) is 8.61. The van der Waals surface area contributed by atoms with Crippen molar-refractivity contribution in [1.82, 2.24) is 24.7 Å². The number of fused-ring (bicyclic) bond motifs is 1. The Labute approximate surface area is 127 Å². The fourth-order valence-corrected chi connectivity index (χ4v) is 2.65. The van der Waals surface area contributed by atoms with Gasteiger partial charge in [0.15, 0.2) is 11.5 Å². The molecule has 0 spiro atoms. The quantitative estimate of drug-likeness (QED) is 0.791. The molecule has 0 radical (unpaired) electrons. The maximum Gasteiger partial charge on any atom is 0.170 e. The topological polar surface area (TPSA) is 77.8 Å². The van der Waals surface area contributed by atoms with Crippen molar-refractivity contribution in [3.63, 3.8) is 0 Å². The largest absolute Gasteiger partial charge is 0.376 e. The van der Waals surface area contributed by atoms with Gasteiger partial charge in [0.1, 0.15) is 12.1 Å². The van der Waals surface area contributed by atoms with Crippen LogP contribution in [0.1, 0.15) is 12.8 Å². The van der Waals surface area contributed by atoms with E-state index in [0.717, 1.165) is 48.7 Å². The number of aromatic nitrogens is 5. The lowest BCUT2D eigenvalue weighted by Gasteiger charge is -2.11. The van der Waals surface area contributed by atoms with Crippen molar-refractivity contribution in [2.75, 3.05) is 18.5 Å². The molecule has 3 aromatic rings. The van der Waals surface area contributed by atoms with Crippen molar-refractivity contribution in [2.45, 2.75) is 18.9 Å². The zero-order valence-electron chi connectivity index (χ0n) is 12.0. The molecular formula is C15H16N6O. The highest BCUT2D eigenvalue weighted by molar-refractivity contribution is 5.86. The van der Waals surface area contributed by atoms with Crippen LogP contribution in [0, 0.1) is 0 Å². The van der Waals surface area contributed by atoms with Crippen molar-refractivity contribution in [1.29, 1.82) is 0 Å². The van der Waals surface area contributed by atoms with Gasteiger partial charge in [0, 0.05) is 19.3 Å². The average molecular weight is 296 g/mol. The van der Waals surface area contributed by atoms with E-state index in [1.807, 2.05) is 18.2 Å². The maximum absolute atomic E-state index is 5.62. The Kier molecular flexibility index (Phi) is 3.40. The van der Waals surface area contributed by atoms with Crippen molar-refractivity contribution in [2.24, 2.45) is 0 Å². The molecule has 1 aliphatic rings. The first-order chi connectivity index (χ1) is 10.9. The van der Waals surface area contributed by atoms with E-state index < -0.39 is 0 Å². The second-order valence-electron chi connectivity index (χ2n) is 5.22. The fourth-order valence-electron chi connectivity index (χ4n) is 2.65. The molecule has 1 N–H and O–H groups in total. The molecule has 1 atom stereocenters. The standard InChI is InChI=1S/C15H16N6O/c1-2-6-16-13(5-1)21-15-12(9-20-21)14(18-10-19-15)17-8-11-4-3-7-22-11/h1-2,5-6,9-11H,3-4,7-8H2,(H,17,18,19)/t11-/m1/s1. The molecule has 22 heavy (non-hydrogen) atoms. The predicted octanol–water partition coefficient (Wildman–Crippen LogP) is 1.80. The van der Waals surface area contributed by atoms with Crippen LogP contribution in [0.5, 0.6) is 0 Å². The van der Waals surface area contributed by atoms with Crippen molar-refractivity contribution >= 4 is 16.9 Å². The number of hydrogen-bond acceptors (Lipinski definition) is 6. The summed E-state index contributed by atoms with van der Waals surface area (Å²) in [7, 11) is 0. The summed E-state index contributed by atoms with van der Waals surface area (Å²) in [5.41, 5.74) is 0.739. The summed E-state index contributed by atoms with van der Waals surface area (Å²) < 4.78 is 7.34. The minimum absolute atomic E-state index is 0.260. The number of nitrogens with one attached hydrogen (secondary N) is 1. The lowest BCUT2D eigenvalue weighted by molar-refractivity contribution is 0.120. The van der Waals surface area contributed by atoms with E-state index in [1.165, 1.54) is 0 Å².